The Bertz CT molecular complexity index is 1090. The molecule has 0 bridgehead atoms. The SMILES string of the molecule is CC(Cl)=CCSc1nc2sc3c(c2c(=O)n1-c1cccc(C)c1)CCCC3. The zero-order chi connectivity index (χ0) is 19.0. The van der Waals surface area contributed by atoms with Gasteiger partial charge in [-0.05, 0) is 62.8 Å². The molecule has 27 heavy (non-hydrogen) atoms. The monoisotopic (exact) mass is 416 g/mol. The Morgan fingerprint density at radius 3 is 2.96 bits per heavy atom. The summed E-state index contributed by atoms with van der Waals surface area (Å²) in [6.45, 7) is 3.90. The summed E-state index contributed by atoms with van der Waals surface area (Å²) in [6, 6.07) is 8.05. The molecule has 0 fully saturated rings. The Kier molecular flexibility index (Phi) is 5.44. The first kappa shape index (κ1) is 18.8. The van der Waals surface area contributed by atoms with Gasteiger partial charge in [0.2, 0.25) is 0 Å². The minimum atomic E-state index is 0.0547. The van der Waals surface area contributed by atoms with E-state index in [2.05, 4.69) is 0 Å². The highest BCUT2D eigenvalue weighted by Gasteiger charge is 2.22. The molecule has 0 saturated heterocycles. The van der Waals surface area contributed by atoms with Crippen LogP contribution in [0.25, 0.3) is 15.9 Å². The maximum Gasteiger partial charge on any atom is 0.267 e. The van der Waals surface area contributed by atoms with Crippen molar-refractivity contribution in [1.29, 1.82) is 0 Å². The van der Waals surface area contributed by atoms with Crippen LogP contribution < -0.4 is 5.56 Å². The van der Waals surface area contributed by atoms with Crippen molar-refractivity contribution in [2.24, 2.45) is 0 Å². The van der Waals surface area contributed by atoms with Crippen LogP contribution in [-0.2, 0) is 12.8 Å². The van der Waals surface area contributed by atoms with Gasteiger partial charge in [0.05, 0.1) is 11.1 Å². The fourth-order valence-electron chi connectivity index (χ4n) is 3.51. The highest BCUT2D eigenvalue weighted by Crippen LogP contribution is 2.35. The number of allylic oxidation sites excluding steroid dienone is 1. The number of benzene rings is 1. The third kappa shape index (κ3) is 3.73. The lowest BCUT2D eigenvalue weighted by atomic mass is 9.97. The lowest BCUT2D eigenvalue weighted by Gasteiger charge is -2.13. The van der Waals surface area contributed by atoms with E-state index >= 15 is 0 Å². The molecule has 6 heteroatoms. The first-order valence-corrected chi connectivity index (χ1v) is 11.3. The lowest BCUT2D eigenvalue weighted by Crippen LogP contribution is -2.22. The summed E-state index contributed by atoms with van der Waals surface area (Å²) in [7, 11) is 0. The van der Waals surface area contributed by atoms with Gasteiger partial charge in [-0.15, -0.1) is 11.3 Å². The van der Waals surface area contributed by atoms with Crippen LogP contribution in [0.4, 0.5) is 0 Å². The normalized spacial score (nSPS) is 14.6. The molecule has 1 aliphatic rings. The topological polar surface area (TPSA) is 34.9 Å². The van der Waals surface area contributed by atoms with Crippen LogP contribution in [0, 0.1) is 6.92 Å². The lowest BCUT2D eigenvalue weighted by molar-refractivity contribution is 0.699. The standard InChI is InChI=1S/C21H21ClN2OS2/c1-13-6-5-7-15(12-13)24-20(25)18-16-8-3-4-9-17(16)27-19(18)23-21(24)26-11-10-14(2)22/h5-7,10,12H,3-4,8-9,11H2,1-2H3. The molecule has 3 nitrogen and oxygen atoms in total. The molecule has 1 aliphatic carbocycles. The van der Waals surface area contributed by atoms with Gasteiger partial charge in [0, 0.05) is 15.7 Å². The number of thioether (sulfide) groups is 1. The third-order valence-electron chi connectivity index (χ3n) is 4.80. The molecule has 0 unspecified atom stereocenters. The van der Waals surface area contributed by atoms with Gasteiger partial charge in [0.1, 0.15) is 4.83 Å². The number of rotatable bonds is 4. The van der Waals surface area contributed by atoms with Crippen LogP contribution in [0.3, 0.4) is 0 Å². The summed E-state index contributed by atoms with van der Waals surface area (Å²) in [5, 5.41) is 2.30. The van der Waals surface area contributed by atoms with Crippen LogP contribution in [0.1, 0.15) is 35.8 Å². The van der Waals surface area contributed by atoms with Crippen molar-refractivity contribution in [2.45, 2.75) is 44.7 Å². The Morgan fingerprint density at radius 2 is 2.19 bits per heavy atom. The van der Waals surface area contributed by atoms with Gasteiger partial charge in [-0.25, -0.2) is 4.98 Å². The van der Waals surface area contributed by atoms with Crippen LogP contribution in [0.15, 0.2) is 45.3 Å². The Balaban J connectivity index is 1.94. The summed E-state index contributed by atoms with van der Waals surface area (Å²) in [5.74, 6) is 0.685. The summed E-state index contributed by atoms with van der Waals surface area (Å²) in [6.07, 6.45) is 6.35. The van der Waals surface area contributed by atoms with Crippen LogP contribution in [0.5, 0.6) is 0 Å². The van der Waals surface area contributed by atoms with Crippen molar-refractivity contribution in [1.82, 2.24) is 9.55 Å². The number of fused-ring (bicyclic) bond motifs is 3. The second kappa shape index (κ2) is 7.82. The predicted molar refractivity (Wildman–Crippen MR) is 117 cm³/mol. The molecular weight excluding hydrogens is 396 g/mol. The molecule has 0 spiro atoms. The minimum Gasteiger partial charge on any atom is -0.268 e. The highest BCUT2D eigenvalue weighted by atomic mass is 35.5. The second-order valence-corrected chi connectivity index (χ2v) is 9.53. The summed E-state index contributed by atoms with van der Waals surface area (Å²) in [5.41, 5.74) is 3.28. The van der Waals surface area contributed by atoms with E-state index < -0.39 is 0 Å². The van der Waals surface area contributed by atoms with E-state index in [-0.39, 0.29) is 5.56 Å². The van der Waals surface area contributed by atoms with E-state index in [1.807, 2.05) is 44.2 Å². The summed E-state index contributed by atoms with van der Waals surface area (Å²) in [4.78, 5) is 20.7. The van der Waals surface area contributed by atoms with Gasteiger partial charge >= 0.3 is 0 Å². The average Bonchev–Trinajstić information content (AvgIpc) is 3.00. The van der Waals surface area contributed by atoms with Crippen molar-refractivity contribution in [3.63, 3.8) is 0 Å². The number of aryl methyl sites for hydroxylation is 3. The van der Waals surface area contributed by atoms with Crippen molar-refractivity contribution in [2.75, 3.05) is 5.75 Å². The quantitative estimate of drug-likeness (QED) is 0.394. The maximum absolute atomic E-state index is 13.6. The summed E-state index contributed by atoms with van der Waals surface area (Å²) >= 11 is 9.22. The van der Waals surface area contributed by atoms with Gasteiger partial charge < -0.3 is 0 Å². The fraction of sp³-hybridized carbons (Fsp3) is 0.333. The van der Waals surface area contributed by atoms with Gasteiger partial charge in [-0.2, -0.15) is 0 Å². The first-order chi connectivity index (χ1) is 13.0. The molecule has 0 amide bonds. The second-order valence-electron chi connectivity index (χ2n) is 6.87. The highest BCUT2D eigenvalue weighted by molar-refractivity contribution is 7.99. The number of nitrogens with zero attached hydrogens (tertiary/aromatic N) is 2. The number of thiophene rings is 1. The Labute approximate surface area is 172 Å². The number of aromatic nitrogens is 2. The van der Waals surface area contributed by atoms with Gasteiger partial charge in [-0.1, -0.05) is 41.6 Å². The van der Waals surface area contributed by atoms with Crippen molar-refractivity contribution >= 4 is 44.9 Å². The van der Waals surface area contributed by atoms with Crippen molar-refractivity contribution in [3.05, 3.63) is 61.7 Å². The van der Waals surface area contributed by atoms with Crippen molar-refractivity contribution < 1.29 is 0 Å². The average molecular weight is 417 g/mol. The van der Waals surface area contributed by atoms with E-state index in [0.717, 1.165) is 50.9 Å². The van der Waals surface area contributed by atoms with Gasteiger partial charge in [-0.3, -0.25) is 9.36 Å². The minimum absolute atomic E-state index is 0.0547. The largest absolute Gasteiger partial charge is 0.268 e. The number of hydrogen-bond acceptors (Lipinski definition) is 4. The van der Waals surface area contributed by atoms with Crippen LogP contribution in [0.2, 0.25) is 0 Å². The maximum atomic E-state index is 13.6. The summed E-state index contributed by atoms with van der Waals surface area (Å²) < 4.78 is 1.78. The van der Waals surface area contributed by atoms with E-state index in [9.17, 15) is 4.79 Å². The fourth-order valence-corrected chi connectivity index (χ4v) is 5.94. The zero-order valence-electron chi connectivity index (χ0n) is 15.4. The van der Waals surface area contributed by atoms with Gasteiger partial charge in [0.15, 0.2) is 5.16 Å². The van der Waals surface area contributed by atoms with E-state index in [4.69, 9.17) is 16.6 Å². The molecule has 0 N–H and O–H groups in total. The third-order valence-corrected chi connectivity index (χ3v) is 7.00. The Hall–Kier alpha value is -1.56. The molecule has 0 radical (unpaired) electrons. The zero-order valence-corrected chi connectivity index (χ0v) is 17.8. The number of halogens is 1. The molecule has 2 heterocycles. The molecule has 0 saturated carbocycles. The Morgan fingerprint density at radius 1 is 1.37 bits per heavy atom. The first-order valence-electron chi connectivity index (χ1n) is 9.14. The molecule has 2 aromatic heterocycles. The van der Waals surface area contributed by atoms with Gasteiger partial charge in [0.25, 0.3) is 5.56 Å². The van der Waals surface area contributed by atoms with Crippen LogP contribution >= 0.6 is 34.7 Å². The predicted octanol–water partition coefficient (Wildman–Crippen LogP) is 5.87. The number of hydrogen-bond donors (Lipinski definition) is 0. The van der Waals surface area contributed by atoms with E-state index in [1.165, 1.54) is 16.9 Å². The molecule has 0 aliphatic heterocycles. The van der Waals surface area contributed by atoms with Crippen molar-refractivity contribution in [3.8, 4) is 5.69 Å². The smallest absolute Gasteiger partial charge is 0.267 e. The molecule has 0 atom stereocenters. The van der Waals surface area contributed by atoms with E-state index in [0.29, 0.717) is 5.75 Å². The molecule has 4 rings (SSSR count). The molecular formula is C21H21ClN2OS2. The van der Waals surface area contributed by atoms with E-state index in [1.54, 1.807) is 27.7 Å². The molecule has 3 aromatic rings. The van der Waals surface area contributed by atoms with Crippen LogP contribution in [-0.4, -0.2) is 15.3 Å². The molecule has 140 valence electrons. The molecule has 1 aromatic carbocycles.